The van der Waals surface area contributed by atoms with Gasteiger partial charge in [0.05, 0.1) is 12.6 Å². The molecule has 2 rings (SSSR count). The lowest BCUT2D eigenvalue weighted by molar-refractivity contribution is 0.304. The molecule has 0 radical (unpaired) electrons. The van der Waals surface area contributed by atoms with E-state index in [4.69, 9.17) is 4.74 Å². The molecule has 1 N–H and O–H groups in total. The molecule has 1 unspecified atom stereocenters. The number of pyridine rings is 1. The summed E-state index contributed by atoms with van der Waals surface area (Å²) >= 11 is 0. The first kappa shape index (κ1) is 13.8. The first-order chi connectivity index (χ1) is 8.87. The van der Waals surface area contributed by atoms with E-state index in [0.717, 1.165) is 23.4 Å². The summed E-state index contributed by atoms with van der Waals surface area (Å²) in [7, 11) is 1.62. The summed E-state index contributed by atoms with van der Waals surface area (Å²) in [4.78, 5) is 12.2. The van der Waals surface area contributed by atoms with E-state index in [1.807, 2.05) is 12.1 Å². The molecule has 2 aromatic heterocycles. The molecule has 0 aliphatic rings. The topological polar surface area (TPSA) is 50.8 Å². The molecule has 1 atom stereocenters. The van der Waals surface area contributed by atoms with Crippen molar-refractivity contribution < 1.29 is 4.74 Å². The molecule has 0 aliphatic heterocycles. The SMILES string of the molecule is COc1ccc2[nH]c(CC(C)CC(C)(C)C)nc2n1. The predicted molar refractivity (Wildman–Crippen MR) is 77.4 cm³/mol. The van der Waals surface area contributed by atoms with Gasteiger partial charge in [-0.2, -0.15) is 4.98 Å². The van der Waals surface area contributed by atoms with Gasteiger partial charge in [-0.05, 0) is 23.8 Å². The summed E-state index contributed by atoms with van der Waals surface area (Å²) in [5, 5.41) is 0. The van der Waals surface area contributed by atoms with Gasteiger partial charge in [0.25, 0.3) is 0 Å². The number of nitrogens with zero attached hydrogens (tertiary/aromatic N) is 2. The number of aromatic amines is 1. The molecule has 2 aromatic rings. The summed E-state index contributed by atoms with van der Waals surface area (Å²) < 4.78 is 5.11. The minimum Gasteiger partial charge on any atom is -0.481 e. The van der Waals surface area contributed by atoms with E-state index in [0.29, 0.717) is 17.2 Å². The number of rotatable bonds is 4. The van der Waals surface area contributed by atoms with Crippen LogP contribution < -0.4 is 4.74 Å². The van der Waals surface area contributed by atoms with Gasteiger partial charge in [-0.15, -0.1) is 0 Å². The Morgan fingerprint density at radius 3 is 2.63 bits per heavy atom. The zero-order valence-corrected chi connectivity index (χ0v) is 12.4. The monoisotopic (exact) mass is 261 g/mol. The molecule has 0 saturated carbocycles. The summed E-state index contributed by atoms with van der Waals surface area (Å²) in [6.45, 7) is 9.09. The third-order valence-electron chi connectivity index (χ3n) is 3.08. The molecule has 0 bridgehead atoms. The number of aromatic nitrogens is 3. The van der Waals surface area contributed by atoms with Crippen LogP contribution >= 0.6 is 0 Å². The largest absolute Gasteiger partial charge is 0.481 e. The predicted octanol–water partition coefficient (Wildman–Crippen LogP) is 3.58. The van der Waals surface area contributed by atoms with Crippen LogP contribution in [0.3, 0.4) is 0 Å². The van der Waals surface area contributed by atoms with Gasteiger partial charge < -0.3 is 9.72 Å². The Labute approximate surface area is 114 Å². The van der Waals surface area contributed by atoms with Crippen LogP contribution in [0.1, 0.15) is 39.9 Å². The number of methoxy groups -OCH3 is 1. The molecule has 2 heterocycles. The van der Waals surface area contributed by atoms with Gasteiger partial charge in [0.15, 0.2) is 5.65 Å². The fraction of sp³-hybridized carbons (Fsp3) is 0.600. The Morgan fingerprint density at radius 1 is 1.26 bits per heavy atom. The van der Waals surface area contributed by atoms with Crippen molar-refractivity contribution in [1.29, 1.82) is 0 Å². The molecule has 0 amide bonds. The number of hydrogen-bond acceptors (Lipinski definition) is 3. The number of ether oxygens (including phenoxy) is 1. The summed E-state index contributed by atoms with van der Waals surface area (Å²) in [6, 6.07) is 3.81. The summed E-state index contributed by atoms with van der Waals surface area (Å²) in [5.41, 5.74) is 2.06. The highest BCUT2D eigenvalue weighted by Crippen LogP contribution is 2.26. The number of nitrogens with one attached hydrogen (secondary N) is 1. The van der Waals surface area contributed by atoms with Crippen LogP contribution in [0.4, 0.5) is 0 Å². The van der Waals surface area contributed by atoms with Crippen molar-refractivity contribution in [1.82, 2.24) is 15.0 Å². The normalized spacial score (nSPS) is 13.7. The van der Waals surface area contributed by atoms with E-state index in [9.17, 15) is 0 Å². The van der Waals surface area contributed by atoms with Gasteiger partial charge in [0.2, 0.25) is 5.88 Å². The van der Waals surface area contributed by atoms with Crippen LogP contribution in [0.5, 0.6) is 5.88 Å². The zero-order valence-electron chi connectivity index (χ0n) is 12.4. The molecule has 0 spiro atoms. The minimum atomic E-state index is 0.354. The third kappa shape index (κ3) is 3.69. The Hall–Kier alpha value is -1.58. The van der Waals surface area contributed by atoms with Gasteiger partial charge in [-0.3, -0.25) is 0 Å². The molecule has 0 aromatic carbocycles. The summed E-state index contributed by atoms with van der Waals surface area (Å²) in [6.07, 6.45) is 2.14. The fourth-order valence-electron chi connectivity index (χ4n) is 2.58. The highest BCUT2D eigenvalue weighted by Gasteiger charge is 2.17. The van der Waals surface area contributed by atoms with Gasteiger partial charge in [0.1, 0.15) is 5.82 Å². The van der Waals surface area contributed by atoms with Gasteiger partial charge >= 0.3 is 0 Å². The van der Waals surface area contributed by atoms with Crippen molar-refractivity contribution in [3.8, 4) is 5.88 Å². The average Bonchev–Trinajstić information content (AvgIpc) is 2.66. The first-order valence-corrected chi connectivity index (χ1v) is 6.77. The Kier molecular flexibility index (Phi) is 3.78. The van der Waals surface area contributed by atoms with Crippen LogP contribution in [0.15, 0.2) is 12.1 Å². The molecular weight excluding hydrogens is 238 g/mol. The van der Waals surface area contributed by atoms with Crippen molar-refractivity contribution >= 4 is 11.2 Å². The molecule has 0 aliphatic carbocycles. The van der Waals surface area contributed by atoms with Gasteiger partial charge in [0, 0.05) is 12.5 Å². The van der Waals surface area contributed by atoms with E-state index in [1.165, 1.54) is 6.42 Å². The second kappa shape index (κ2) is 5.19. The molecule has 104 valence electrons. The Balaban J connectivity index is 2.13. The number of hydrogen-bond donors (Lipinski definition) is 1. The van der Waals surface area contributed by atoms with Crippen LogP contribution in [0, 0.1) is 11.3 Å². The standard InChI is InChI=1S/C15H23N3O/c1-10(9-15(2,3)4)8-12-16-11-6-7-13(19-5)18-14(11)17-12/h6-7,10H,8-9H2,1-5H3,(H,16,17,18). The quantitative estimate of drug-likeness (QED) is 0.915. The second-order valence-corrected chi connectivity index (χ2v) is 6.48. The maximum atomic E-state index is 5.11. The van der Waals surface area contributed by atoms with Crippen molar-refractivity contribution in [3.05, 3.63) is 18.0 Å². The van der Waals surface area contributed by atoms with Crippen LogP contribution in [-0.2, 0) is 6.42 Å². The van der Waals surface area contributed by atoms with Crippen LogP contribution in [-0.4, -0.2) is 22.1 Å². The highest BCUT2D eigenvalue weighted by atomic mass is 16.5. The van der Waals surface area contributed by atoms with E-state index in [2.05, 4.69) is 42.6 Å². The Bertz CT molecular complexity index is 554. The zero-order chi connectivity index (χ0) is 14.0. The molecule has 4 nitrogen and oxygen atoms in total. The Morgan fingerprint density at radius 2 is 2.00 bits per heavy atom. The van der Waals surface area contributed by atoms with E-state index < -0.39 is 0 Å². The van der Waals surface area contributed by atoms with Crippen molar-refractivity contribution in [2.45, 2.75) is 40.5 Å². The molecule has 0 fully saturated rings. The highest BCUT2D eigenvalue weighted by molar-refractivity contribution is 5.71. The smallest absolute Gasteiger partial charge is 0.215 e. The van der Waals surface area contributed by atoms with Crippen molar-refractivity contribution in [2.75, 3.05) is 7.11 Å². The molecule has 0 saturated heterocycles. The van der Waals surface area contributed by atoms with Gasteiger partial charge in [-0.1, -0.05) is 27.7 Å². The maximum Gasteiger partial charge on any atom is 0.215 e. The molecule has 4 heteroatoms. The lowest BCUT2D eigenvalue weighted by Crippen LogP contribution is -2.13. The number of imidazole rings is 1. The van der Waals surface area contributed by atoms with Crippen molar-refractivity contribution in [2.24, 2.45) is 11.3 Å². The number of fused-ring (bicyclic) bond motifs is 1. The van der Waals surface area contributed by atoms with E-state index >= 15 is 0 Å². The molecular formula is C15H23N3O. The first-order valence-electron chi connectivity index (χ1n) is 6.77. The van der Waals surface area contributed by atoms with E-state index in [1.54, 1.807) is 7.11 Å². The lowest BCUT2D eigenvalue weighted by Gasteiger charge is -2.22. The van der Waals surface area contributed by atoms with Crippen LogP contribution in [0.2, 0.25) is 0 Å². The number of H-pyrrole nitrogens is 1. The van der Waals surface area contributed by atoms with Crippen LogP contribution in [0.25, 0.3) is 11.2 Å². The average molecular weight is 261 g/mol. The second-order valence-electron chi connectivity index (χ2n) is 6.48. The lowest BCUT2D eigenvalue weighted by atomic mass is 9.84. The van der Waals surface area contributed by atoms with E-state index in [-0.39, 0.29) is 0 Å². The van der Waals surface area contributed by atoms with Gasteiger partial charge in [-0.25, -0.2) is 4.98 Å². The van der Waals surface area contributed by atoms with Crippen molar-refractivity contribution in [3.63, 3.8) is 0 Å². The maximum absolute atomic E-state index is 5.11. The fourth-order valence-corrected chi connectivity index (χ4v) is 2.58. The summed E-state index contributed by atoms with van der Waals surface area (Å²) in [5.74, 6) is 2.21. The molecule has 19 heavy (non-hydrogen) atoms. The minimum absolute atomic E-state index is 0.354. The third-order valence-corrected chi connectivity index (χ3v) is 3.08.